The topological polar surface area (TPSA) is 83.9 Å². The quantitative estimate of drug-likeness (QED) is 0.702. The van der Waals surface area contributed by atoms with Gasteiger partial charge in [-0.3, -0.25) is 4.79 Å². The molecule has 158 valence electrons. The summed E-state index contributed by atoms with van der Waals surface area (Å²) in [5.74, 6) is -0.942. The van der Waals surface area contributed by atoms with Gasteiger partial charge >= 0.3 is 5.97 Å². The number of carboxylic acids is 1. The maximum absolute atomic E-state index is 13.2. The van der Waals surface area contributed by atoms with Crippen molar-refractivity contribution in [2.45, 2.75) is 26.2 Å². The highest BCUT2D eigenvalue weighted by atomic mass is 32.2. The van der Waals surface area contributed by atoms with Gasteiger partial charge in [-0.1, -0.05) is 39.0 Å². The Bertz CT molecular complexity index is 966. The van der Waals surface area contributed by atoms with Crippen molar-refractivity contribution in [3.8, 4) is 16.9 Å². The molecule has 0 fully saturated rings. The Morgan fingerprint density at radius 3 is 2.21 bits per heavy atom. The Morgan fingerprint density at radius 1 is 1.10 bits per heavy atom. The molecule has 0 saturated heterocycles. The Hall–Kier alpha value is -2.45. The van der Waals surface area contributed by atoms with Gasteiger partial charge in [0.2, 0.25) is 10.0 Å². The summed E-state index contributed by atoms with van der Waals surface area (Å²) in [5, 5.41) is 8.90. The summed E-state index contributed by atoms with van der Waals surface area (Å²) < 4.78 is 43.4. The molecule has 29 heavy (non-hydrogen) atoms. The summed E-state index contributed by atoms with van der Waals surface area (Å²) in [6.45, 7) is 5.40. The minimum atomic E-state index is -3.66. The van der Waals surface area contributed by atoms with Crippen LogP contribution in [0.4, 0.5) is 4.39 Å². The molecule has 2 rings (SSSR count). The molecule has 0 saturated carbocycles. The predicted molar refractivity (Wildman–Crippen MR) is 110 cm³/mol. The van der Waals surface area contributed by atoms with E-state index in [1.54, 1.807) is 18.2 Å². The van der Waals surface area contributed by atoms with E-state index in [0.717, 1.165) is 27.3 Å². The number of halogens is 1. The van der Waals surface area contributed by atoms with Crippen molar-refractivity contribution >= 4 is 16.0 Å². The van der Waals surface area contributed by atoms with E-state index in [1.807, 2.05) is 32.9 Å². The molecule has 6 nitrogen and oxygen atoms in total. The van der Waals surface area contributed by atoms with Gasteiger partial charge in [0, 0.05) is 12.1 Å². The predicted octanol–water partition coefficient (Wildman–Crippen LogP) is 3.52. The smallest absolute Gasteiger partial charge is 0.318 e. The molecule has 0 atom stereocenters. The Labute approximate surface area is 171 Å². The molecular formula is C21H26FNO5S. The first-order chi connectivity index (χ1) is 13.4. The molecule has 8 heteroatoms. The molecule has 0 aliphatic rings. The lowest BCUT2D eigenvalue weighted by Gasteiger charge is -2.25. The van der Waals surface area contributed by atoms with E-state index in [4.69, 9.17) is 9.84 Å². The third-order valence-corrected chi connectivity index (χ3v) is 5.59. The number of hydrogen-bond donors (Lipinski definition) is 1. The van der Waals surface area contributed by atoms with E-state index >= 15 is 0 Å². The maximum Gasteiger partial charge on any atom is 0.318 e. The molecule has 0 spiro atoms. The number of rotatable bonds is 8. The van der Waals surface area contributed by atoms with E-state index in [2.05, 4.69) is 0 Å². The van der Waals surface area contributed by atoms with Crippen molar-refractivity contribution in [2.75, 3.05) is 26.0 Å². The number of nitrogens with zero attached hydrogens (tertiary/aromatic N) is 1. The molecule has 2 aromatic carbocycles. The van der Waals surface area contributed by atoms with Gasteiger partial charge in [0.15, 0.2) is 0 Å². The first-order valence-corrected chi connectivity index (χ1v) is 10.9. The van der Waals surface area contributed by atoms with E-state index in [9.17, 15) is 17.6 Å². The van der Waals surface area contributed by atoms with Crippen molar-refractivity contribution in [1.82, 2.24) is 4.31 Å². The van der Waals surface area contributed by atoms with Crippen molar-refractivity contribution in [3.63, 3.8) is 0 Å². The second-order valence-corrected chi connectivity index (χ2v) is 9.79. The first kappa shape index (κ1) is 22.8. The highest BCUT2D eigenvalue weighted by Gasteiger charge is 2.22. The van der Waals surface area contributed by atoms with E-state index in [1.165, 1.54) is 12.1 Å². The maximum atomic E-state index is 13.2. The molecule has 0 aliphatic heterocycles. The normalized spacial score (nSPS) is 12.2. The monoisotopic (exact) mass is 423 g/mol. The van der Waals surface area contributed by atoms with E-state index < -0.39 is 22.5 Å². The highest BCUT2D eigenvalue weighted by molar-refractivity contribution is 7.88. The summed E-state index contributed by atoms with van der Waals surface area (Å²) in [7, 11) is -3.66. The molecule has 0 aliphatic carbocycles. The van der Waals surface area contributed by atoms with Crippen LogP contribution >= 0.6 is 0 Å². The average Bonchev–Trinajstić information content (AvgIpc) is 2.60. The lowest BCUT2D eigenvalue weighted by Crippen LogP contribution is -2.37. The number of carbonyl (C=O) groups is 1. The van der Waals surface area contributed by atoms with Crippen molar-refractivity contribution < 1.29 is 27.4 Å². The molecule has 0 heterocycles. The second-order valence-electron chi connectivity index (χ2n) is 7.81. The van der Waals surface area contributed by atoms with Crippen LogP contribution in [0.1, 0.15) is 26.3 Å². The molecular weight excluding hydrogens is 397 g/mol. The van der Waals surface area contributed by atoms with Crippen LogP contribution in [-0.2, 0) is 20.2 Å². The minimum Gasteiger partial charge on any atom is -0.492 e. The molecule has 0 amide bonds. The van der Waals surface area contributed by atoms with Gasteiger partial charge in [-0.25, -0.2) is 12.8 Å². The molecule has 0 bridgehead atoms. The van der Waals surface area contributed by atoms with Gasteiger partial charge < -0.3 is 9.84 Å². The van der Waals surface area contributed by atoms with Crippen LogP contribution in [0.15, 0.2) is 42.5 Å². The summed E-state index contributed by atoms with van der Waals surface area (Å²) in [6, 6.07) is 11.8. The second kappa shape index (κ2) is 8.92. The molecule has 0 radical (unpaired) electrons. The summed E-state index contributed by atoms with van der Waals surface area (Å²) in [5.41, 5.74) is 2.42. The highest BCUT2D eigenvalue weighted by Crippen LogP contribution is 2.35. The number of carboxylic acid groups (broad SMARTS) is 1. The van der Waals surface area contributed by atoms with Crippen LogP contribution < -0.4 is 4.74 Å². The van der Waals surface area contributed by atoms with Gasteiger partial charge in [0.05, 0.1) is 6.26 Å². The molecule has 0 unspecified atom stereocenters. The van der Waals surface area contributed by atoms with Crippen LogP contribution in [0.25, 0.3) is 11.1 Å². The van der Waals surface area contributed by atoms with Crippen LogP contribution in [0.5, 0.6) is 5.75 Å². The largest absolute Gasteiger partial charge is 0.492 e. The Kier molecular flexibility index (Phi) is 7.02. The van der Waals surface area contributed by atoms with Crippen LogP contribution in [0.3, 0.4) is 0 Å². The summed E-state index contributed by atoms with van der Waals surface area (Å²) in [6.07, 6.45) is 0.966. The number of ether oxygens (including phenoxy) is 1. The molecule has 2 aromatic rings. The Balaban J connectivity index is 2.24. The van der Waals surface area contributed by atoms with Gasteiger partial charge in [0.25, 0.3) is 0 Å². The number of aliphatic carboxylic acids is 1. The SMILES string of the molecule is CC(C)(C)c1cc(-c2ccc(F)cc2)ccc1OCCN(CC(=O)O)S(C)(=O)=O. The fourth-order valence-electron chi connectivity index (χ4n) is 2.83. The third-order valence-electron chi connectivity index (χ3n) is 4.34. The van der Waals surface area contributed by atoms with Crippen molar-refractivity contribution in [1.29, 1.82) is 0 Å². The minimum absolute atomic E-state index is 0.0132. The van der Waals surface area contributed by atoms with E-state index in [-0.39, 0.29) is 24.4 Å². The van der Waals surface area contributed by atoms with Crippen molar-refractivity contribution in [2.24, 2.45) is 0 Å². The zero-order valence-electron chi connectivity index (χ0n) is 17.0. The first-order valence-electron chi connectivity index (χ1n) is 9.08. The van der Waals surface area contributed by atoms with Crippen molar-refractivity contribution in [3.05, 3.63) is 53.8 Å². The number of benzene rings is 2. The van der Waals surface area contributed by atoms with Gasteiger partial charge in [-0.2, -0.15) is 4.31 Å². The third kappa shape index (κ3) is 6.54. The summed E-state index contributed by atoms with van der Waals surface area (Å²) in [4.78, 5) is 10.9. The standard InChI is InChI=1S/C21H26FNO5S/c1-21(2,3)18-13-16(15-5-8-17(22)9-6-15)7-10-19(18)28-12-11-23(14-20(24)25)29(4,26)27/h5-10,13H,11-12,14H2,1-4H3,(H,24,25). The van der Waals surface area contributed by atoms with Crippen LogP contribution in [-0.4, -0.2) is 49.8 Å². The lowest BCUT2D eigenvalue weighted by molar-refractivity contribution is -0.137. The molecule has 1 N–H and O–H groups in total. The lowest BCUT2D eigenvalue weighted by atomic mass is 9.84. The number of hydrogen-bond acceptors (Lipinski definition) is 4. The van der Waals surface area contributed by atoms with Gasteiger partial charge in [-0.15, -0.1) is 0 Å². The summed E-state index contributed by atoms with van der Waals surface area (Å²) >= 11 is 0. The Morgan fingerprint density at radius 2 is 1.69 bits per heavy atom. The zero-order chi connectivity index (χ0) is 21.8. The van der Waals surface area contributed by atoms with Crippen LogP contribution in [0.2, 0.25) is 0 Å². The fraction of sp³-hybridized carbons (Fsp3) is 0.381. The van der Waals surface area contributed by atoms with Gasteiger partial charge in [0.1, 0.15) is 24.7 Å². The van der Waals surface area contributed by atoms with E-state index in [0.29, 0.717) is 5.75 Å². The number of sulfonamides is 1. The average molecular weight is 424 g/mol. The van der Waals surface area contributed by atoms with Crippen LogP contribution in [0, 0.1) is 5.82 Å². The van der Waals surface area contributed by atoms with Gasteiger partial charge in [-0.05, 0) is 40.8 Å². The fourth-order valence-corrected chi connectivity index (χ4v) is 3.59. The zero-order valence-corrected chi connectivity index (χ0v) is 17.8. The molecule has 0 aromatic heterocycles.